The number of nitrogens with zero attached hydrogens (tertiary/aromatic N) is 3. The third kappa shape index (κ3) is 6.42. The number of benzene rings is 1. The molecule has 1 aliphatic rings. The van der Waals surface area contributed by atoms with Crippen molar-refractivity contribution in [3.8, 4) is 5.75 Å². The third-order valence-corrected chi connectivity index (χ3v) is 4.58. The number of hydrogen-bond acceptors (Lipinski definition) is 4. The summed E-state index contributed by atoms with van der Waals surface area (Å²) in [6.45, 7) is 4.75. The van der Waals surface area contributed by atoms with Crippen molar-refractivity contribution >= 4 is 5.96 Å². The Hall–Kier alpha value is -1.93. The predicted molar refractivity (Wildman–Crippen MR) is 99.8 cm³/mol. The fourth-order valence-corrected chi connectivity index (χ4v) is 2.90. The molecule has 0 aromatic heterocycles. The standard InChI is InChI=1S/C18H29F2N5O/c1-14(25-10-8-24(3)9-11-25)12-22-18(21-2)23-13-15-6-4-5-7-16(15)26-17(19)20/h4-7,14,17H,8-13H2,1-3H3,(H2,21,22,23). The molecule has 0 saturated carbocycles. The van der Waals surface area contributed by atoms with Crippen LogP contribution in [0.25, 0.3) is 0 Å². The third-order valence-electron chi connectivity index (χ3n) is 4.58. The maximum atomic E-state index is 12.5. The van der Waals surface area contributed by atoms with Crippen LogP contribution >= 0.6 is 0 Å². The Morgan fingerprint density at radius 1 is 1.19 bits per heavy atom. The van der Waals surface area contributed by atoms with E-state index in [-0.39, 0.29) is 5.75 Å². The summed E-state index contributed by atoms with van der Waals surface area (Å²) in [5.74, 6) is 0.814. The van der Waals surface area contributed by atoms with E-state index in [1.165, 1.54) is 6.07 Å². The molecule has 0 aliphatic carbocycles. The number of aliphatic imine (C=N–C) groups is 1. The van der Waals surface area contributed by atoms with Gasteiger partial charge in [0.25, 0.3) is 0 Å². The molecular formula is C18H29F2N5O. The molecule has 1 saturated heterocycles. The first-order valence-corrected chi connectivity index (χ1v) is 8.89. The molecule has 1 fully saturated rings. The number of piperazine rings is 1. The molecule has 1 heterocycles. The van der Waals surface area contributed by atoms with Crippen LogP contribution in [0.1, 0.15) is 12.5 Å². The molecule has 0 radical (unpaired) electrons. The average molecular weight is 369 g/mol. The SMILES string of the molecule is CN=C(NCc1ccccc1OC(F)F)NCC(C)N1CCN(C)CC1. The van der Waals surface area contributed by atoms with Crippen molar-refractivity contribution in [1.82, 2.24) is 20.4 Å². The number of nitrogens with one attached hydrogen (secondary N) is 2. The number of halogens is 2. The monoisotopic (exact) mass is 369 g/mol. The summed E-state index contributed by atoms with van der Waals surface area (Å²) in [7, 11) is 3.83. The number of guanidine groups is 1. The van der Waals surface area contributed by atoms with E-state index in [4.69, 9.17) is 0 Å². The summed E-state index contributed by atoms with van der Waals surface area (Å²) < 4.78 is 29.5. The molecule has 146 valence electrons. The number of para-hydroxylation sites is 1. The molecule has 1 aromatic carbocycles. The van der Waals surface area contributed by atoms with Crippen LogP contribution in [0.2, 0.25) is 0 Å². The summed E-state index contributed by atoms with van der Waals surface area (Å²) in [5, 5.41) is 6.45. The van der Waals surface area contributed by atoms with Crippen molar-refractivity contribution in [2.45, 2.75) is 26.1 Å². The largest absolute Gasteiger partial charge is 0.434 e. The molecule has 0 spiro atoms. The van der Waals surface area contributed by atoms with Gasteiger partial charge < -0.3 is 20.3 Å². The van der Waals surface area contributed by atoms with Crippen molar-refractivity contribution in [2.24, 2.45) is 4.99 Å². The Morgan fingerprint density at radius 3 is 2.54 bits per heavy atom. The molecule has 1 unspecified atom stereocenters. The maximum absolute atomic E-state index is 12.5. The number of rotatable bonds is 7. The molecule has 0 bridgehead atoms. The van der Waals surface area contributed by atoms with Crippen LogP contribution in [-0.2, 0) is 6.54 Å². The summed E-state index contributed by atoms with van der Waals surface area (Å²) in [6.07, 6.45) is 0. The average Bonchev–Trinajstić information content (AvgIpc) is 2.63. The van der Waals surface area contributed by atoms with E-state index in [1.807, 2.05) is 0 Å². The van der Waals surface area contributed by atoms with Gasteiger partial charge in [0.05, 0.1) is 0 Å². The van der Waals surface area contributed by atoms with Gasteiger partial charge >= 0.3 is 6.61 Å². The van der Waals surface area contributed by atoms with Crippen molar-refractivity contribution in [2.75, 3.05) is 46.8 Å². The Morgan fingerprint density at radius 2 is 1.88 bits per heavy atom. The van der Waals surface area contributed by atoms with Crippen LogP contribution in [0.3, 0.4) is 0 Å². The lowest BCUT2D eigenvalue weighted by molar-refractivity contribution is -0.0504. The fraction of sp³-hybridized carbons (Fsp3) is 0.611. The second-order valence-corrected chi connectivity index (χ2v) is 6.48. The number of ether oxygens (including phenoxy) is 1. The Balaban J connectivity index is 1.81. The summed E-state index contributed by atoms with van der Waals surface area (Å²) in [5.41, 5.74) is 0.655. The molecule has 8 heteroatoms. The second-order valence-electron chi connectivity index (χ2n) is 6.48. The van der Waals surface area contributed by atoms with Crippen LogP contribution < -0.4 is 15.4 Å². The number of likely N-dealkylation sites (N-methyl/N-ethyl adjacent to an activating group) is 1. The number of alkyl halides is 2. The molecule has 1 aliphatic heterocycles. The van der Waals surface area contributed by atoms with Crippen LogP contribution in [0.5, 0.6) is 5.75 Å². The topological polar surface area (TPSA) is 52.1 Å². The first-order valence-electron chi connectivity index (χ1n) is 8.89. The van der Waals surface area contributed by atoms with Crippen LogP contribution in [0.15, 0.2) is 29.3 Å². The van der Waals surface area contributed by atoms with Crippen LogP contribution in [0.4, 0.5) is 8.78 Å². The molecule has 0 amide bonds. The van der Waals surface area contributed by atoms with E-state index in [2.05, 4.69) is 44.1 Å². The molecule has 26 heavy (non-hydrogen) atoms. The first kappa shape index (κ1) is 20.4. The Kier molecular flexibility index (Phi) is 8.06. The van der Waals surface area contributed by atoms with Gasteiger partial charge in [0.2, 0.25) is 0 Å². The molecule has 1 aromatic rings. The van der Waals surface area contributed by atoms with Crippen molar-refractivity contribution in [1.29, 1.82) is 0 Å². The van der Waals surface area contributed by atoms with Crippen LogP contribution in [-0.4, -0.2) is 75.2 Å². The lowest BCUT2D eigenvalue weighted by Crippen LogP contribution is -2.52. The highest BCUT2D eigenvalue weighted by Gasteiger charge is 2.19. The van der Waals surface area contributed by atoms with Gasteiger partial charge in [-0.2, -0.15) is 8.78 Å². The van der Waals surface area contributed by atoms with E-state index in [0.29, 0.717) is 24.1 Å². The van der Waals surface area contributed by atoms with Gasteiger partial charge in [-0.25, -0.2) is 0 Å². The smallest absolute Gasteiger partial charge is 0.387 e. The van der Waals surface area contributed by atoms with E-state index in [0.717, 1.165) is 32.7 Å². The quantitative estimate of drug-likeness (QED) is 0.565. The van der Waals surface area contributed by atoms with Gasteiger partial charge in [-0.1, -0.05) is 18.2 Å². The predicted octanol–water partition coefficient (Wildman–Crippen LogP) is 1.59. The van der Waals surface area contributed by atoms with Gasteiger partial charge in [-0.15, -0.1) is 0 Å². The van der Waals surface area contributed by atoms with Gasteiger partial charge in [0.1, 0.15) is 5.75 Å². The molecule has 6 nitrogen and oxygen atoms in total. The Labute approximate surface area is 154 Å². The summed E-state index contributed by atoms with van der Waals surface area (Å²) >= 11 is 0. The Bertz CT molecular complexity index is 576. The van der Waals surface area contributed by atoms with Crippen LogP contribution in [0, 0.1) is 0 Å². The zero-order valence-electron chi connectivity index (χ0n) is 15.7. The molecule has 1 atom stereocenters. The van der Waals surface area contributed by atoms with E-state index in [1.54, 1.807) is 25.2 Å². The maximum Gasteiger partial charge on any atom is 0.387 e. The van der Waals surface area contributed by atoms with E-state index < -0.39 is 6.61 Å². The zero-order valence-corrected chi connectivity index (χ0v) is 15.7. The van der Waals surface area contributed by atoms with E-state index >= 15 is 0 Å². The lowest BCUT2D eigenvalue weighted by Gasteiger charge is -2.36. The van der Waals surface area contributed by atoms with Gasteiger partial charge in [-0.3, -0.25) is 9.89 Å². The number of hydrogen-bond donors (Lipinski definition) is 2. The first-order chi connectivity index (χ1) is 12.5. The minimum absolute atomic E-state index is 0.177. The van der Waals surface area contributed by atoms with Crippen molar-refractivity contribution in [3.05, 3.63) is 29.8 Å². The molecule has 2 N–H and O–H groups in total. The second kappa shape index (κ2) is 10.3. The normalized spacial score (nSPS) is 18.0. The summed E-state index contributed by atoms with van der Waals surface area (Å²) in [6, 6.07) is 7.14. The minimum atomic E-state index is -2.84. The molecule has 2 rings (SSSR count). The van der Waals surface area contributed by atoms with Gasteiger partial charge in [0, 0.05) is 57.9 Å². The summed E-state index contributed by atoms with van der Waals surface area (Å²) in [4.78, 5) is 8.98. The van der Waals surface area contributed by atoms with Gasteiger partial charge in [0.15, 0.2) is 5.96 Å². The highest BCUT2D eigenvalue weighted by molar-refractivity contribution is 5.79. The van der Waals surface area contributed by atoms with Crippen molar-refractivity contribution in [3.63, 3.8) is 0 Å². The van der Waals surface area contributed by atoms with Crippen molar-refractivity contribution < 1.29 is 13.5 Å². The lowest BCUT2D eigenvalue weighted by atomic mass is 10.2. The fourth-order valence-electron chi connectivity index (χ4n) is 2.90. The highest BCUT2D eigenvalue weighted by Crippen LogP contribution is 2.19. The highest BCUT2D eigenvalue weighted by atomic mass is 19.3. The molecular weight excluding hydrogens is 340 g/mol. The van der Waals surface area contributed by atoms with Gasteiger partial charge in [-0.05, 0) is 20.0 Å². The zero-order chi connectivity index (χ0) is 18.9. The minimum Gasteiger partial charge on any atom is -0.434 e. The van der Waals surface area contributed by atoms with E-state index in [9.17, 15) is 8.78 Å².